The molecule has 0 radical (unpaired) electrons. The lowest BCUT2D eigenvalue weighted by atomic mass is 10.1. The molecule has 1 amide bonds. The number of anilines is 1. The Labute approximate surface area is 153 Å². The maximum Gasteiger partial charge on any atom is 0.259 e. The summed E-state index contributed by atoms with van der Waals surface area (Å²) in [5.41, 5.74) is 4.13. The first-order chi connectivity index (χ1) is 12.1. The Morgan fingerprint density at radius 1 is 1.12 bits per heavy atom. The van der Waals surface area contributed by atoms with Crippen LogP contribution in [0.3, 0.4) is 0 Å². The van der Waals surface area contributed by atoms with Gasteiger partial charge in [0.05, 0.1) is 17.2 Å². The minimum atomic E-state index is -0.248. The average molecular weight is 398 g/mol. The van der Waals surface area contributed by atoms with Gasteiger partial charge in [-0.2, -0.15) is 5.10 Å². The van der Waals surface area contributed by atoms with Gasteiger partial charge in [0.25, 0.3) is 5.91 Å². The van der Waals surface area contributed by atoms with Gasteiger partial charge in [0.15, 0.2) is 0 Å². The summed E-state index contributed by atoms with van der Waals surface area (Å²) in [6.07, 6.45) is 1.51. The van der Waals surface area contributed by atoms with Crippen molar-refractivity contribution < 1.29 is 9.90 Å². The van der Waals surface area contributed by atoms with Crippen molar-refractivity contribution in [3.8, 4) is 5.75 Å². The minimum absolute atomic E-state index is 0.116. The summed E-state index contributed by atoms with van der Waals surface area (Å²) < 4.78 is 0.570. The van der Waals surface area contributed by atoms with Gasteiger partial charge in [-0.05, 0) is 51.1 Å². The fourth-order valence-electron chi connectivity index (χ4n) is 2.38. The van der Waals surface area contributed by atoms with Crippen LogP contribution < -0.4 is 10.7 Å². The number of aromatic hydroxyl groups is 1. The maximum absolute atomic E-state index is 11.9. The molecule has 3 N–H and O–H groups in total. The van der Waals surface area contributed by atoms with Crippen molar-refractivity contribution >= 4 is 44.5 Å². The van der Waals surface area contributed by atoms with E-state index in [0.717, 1.165) is 22.0 Å². The van der Waals surface area contributed by atoms with Gasteiger partial charge in [0.2, 0.25) is 0 Å². The van der Waals surface area contributed by atoms with E-state index in [2.05, 4.69) is 31.8 Å². The first kappa shape index (κ1) is 17.0. The summed E-state index contributed by atoms with van der Waals surface area (Å²) in [6.45, 7) is 0.116. The Morgan fingerprint density at radius 3 is 2.76 bits per heavy atom. The predicted molar refractivity (Wildman–Crippen MR) is 104 cm³/mol. The van der Waals surface area contributed by atoms with Crippen molar-refractivity contribution in [1.29, 1.82) is 0 Å². The smallest absolute Gasteiger partial charge is 0.259 e. The quantitative estimate of drug-likeness (QED) is 0.451. The van der Waals surface area contributed by atoms with Crippen LogP contribution in [0.5, 0.6) is 5.75 Å². The van der Waals surface area contributed by atoms with E-state index in [1.807, 2.05) is 42.5 Å². The van der Waals surface area contributed by atoms with Crippen LogP contribution in [0.4, 0.5) is 5.69 Å². The second kappa shape index (κ2) is 7.81. The summed E-state index contributed by atoms with van der Waals surface area (Å²) in [4.78, 5) is 11.9. The average Bonchev–Trinajstić information content (AvgIpc) is 2.63. The highest BCUT2D eigenvalue weighted by Gasteiger charge is 2.03. The van der Waals surface area contributed by atoms with Gasteiger partial charge < -0.3 is 10.4 Å². The molecule has 0 unspecified atom stereocenters. The molecule has 3 rings (SSSR count). The molecule has 0 saturated carbocycles. The number of halogens is 1. The Balaban J connectivity index is 1.57. The van der Waals surface area contributed by atoms with Crippen LogP contribution in [0.25, 0.3) is 10.8 Å². The van der Waals surface area contributed by atoms with E-state index in [4.69, 9.17) is 0 Å². The fourth-order valence-corrected chi connectivity index (χ4v) is 2.77. The summed E-state index contributed by atoms with van der Waals surface area (Å²) in [6, 6.07) is 18.9. The lowest BCUT2D eigenvalue weighted by Gasteiger charge is -2.08. The minimum Gasteiger partial charge on any atom is -0.507 e. The van der Waals surface area contributed by atoms with E-state index in [1.165, 1.54) is 6.21 Å². The zero-order chi connectivity index (χ0) is 17.6. The predicted octanol–water partition coefficient (Wildman–Crippen LogP) is 3.87. The monoisotopic (exact) mass is 397 g/mol. The number of phenolic OH excluding ortho intramolecular Hbond substituents is 1. The van der Waals surface area contributed by atoms with E-state index in [9.17, 15) is 9.90 Å². The Hall–Kier alpha value is -2.86. The van der Waals surface area contributed by atoms with Gasteiger partial charge in [0, 0.05) is 11.1 Å². The largest absolute Gasteiger partial charge is 0.507 e. The number of fused-ring (bicyclic) bond motifs is 1. The second-order valence-corrected chi connectivity index (χ2v) is 6.24. The molecule has 0 aliphatic heterocycles. The van der Waals surface area contributed by atoms with Gasteiger partial charge in [-0.25, -0.2) is 5.43 Å². The highest BCUT2D eigenvalue weighted by atomic mass is 79.9. The zero-order valence-electron chi connectivity index (χ0n) is 13.2. The maximum atomic E-state index is 11.9. The number of rotatable bonds is 5. The van der Waals surface area contributed by atoms with Gasteiger partial charge in [-0.3, -0.25) is 4.79 Å². The third kappa shape index (κ3) is 4.36. The molecule has 0 bridgehead atoms. The van der Waals surface area contributed by atoms with Gasteiger partial charge >= 0.3 is 0 Å². The van der Waals surface area contributed by atoms with Crippen molar-refractivity contribution in [3.05, 3.63) is 70.7 Å². The lowest BCUT2D eigenvalue weighted by molar-refractivity contribution is -0.119. The second-order valence-electron chi connectivity index (χ2n) is 5.38. The molecule has 0 aliphatic rings. The van der Waals surface area contributed by atoms with Crippen LogP contribution in [0.1, 0.15) is 5.56 Å². The van der Waals surface area contributed by atoms with Gasteiger partial charge in [0.1, 0.15) is 5.75 Å². The van der Waals surface area contributed by atoms with Crippen molar-refractivity contribution in [2.24, 2.45) is 5.10 Å². The number of hydrazone groups is 1. The van der Waals surface area contributed by atoms with E-state index in [1.54, 1.807) is 18.2 Å². The molecule has 0 spiro atoms. The molecule has 0 fully saturated rings. The number of carbonyl (C=O) groups is 1. The number of nitrogens with zero attached hydrogens (tertiary/aromatic N) is 1. The lowest BCUT2D eigenvalue weighted by Crippen LogP contribution is -2.25. The highest BCUT2D eigenvalue weighted by molar-refractivity contribution is 9.10. The number of phenols is 1. The molecule has 0 atom stereocenters. The van der Waals surface area contributed by atoms with Crippen LogP contribution in [-0.4, -0.2) is 23.8 Å². The number of benzene rings is 3. The van der Waals surface area contributed by atoms with Crippen LogP contribution in [0.2, 0.25) is 0 Å². The molecule has 3 aromatic rings. The fraction of sp³-hybridized carbons (Fsp3) is 0.0526. The van der Waals surface area contributed by atoms with Crippen LogP contribution in [-0.2, 0) is 4.79 Å². The van der Waals surface area contributed by atoms with Crippen LogP contribution >= 0.6 is 15.9 Å². The van der Waals surface area contributed by atoms with E-state index in [-0.39, 0.29) is 18.2 Å². The zero-order valence-corrected chi connectivity index (χ0v) is 14.8. The van der Waals surface area contributed by atoms with Gasteiger partial charge in [-0.15, -0.1) is 0 Å². The number of hydrogen-bond donors (Lipinski definition) is 3. The number of hydrogen-bond acceptors (Lipinski definition) is 4. The molecular formula is C19H16BrN3O2. The van der Waals surface area contributed by atoms with E-state index >= 15 is 0 Å². The highest BCUT2D eigenvalue weighted by Crippen LogP contribution is 2.24. The van der Waals surface area contributed by atoms with E-state index < -0.39 is 0 Å². The SMILES string of the molecule is O=C(CNc1cccc2ccccc12)N/N=C\c1ccc(O)c(Br)c1. The molecule has 25 heavy (non-hydrogen) atoms. The topological polar surface area (TPSA) is 73.7 Å². The van der Waals surface area contributed by atoms with Crippen molar-refractivity contribution in [2.45, 2.75) is 0 Å². The first-order valence-electron chi connectivity index (χ1n) is 7.65. The number of nitrogens with one attached hydrogen (secondary N) is 2. The Bertz CT molecular complexity index is 936. The molecular weight excluding hydrogens is 382 g/mol. The molecule has 3 aromatic carbocycles. The number of amides is 1. The summed E-state index contributed by atoms with van der Waals surface area (Å²) >= 11 is 3.23. The molecule has 0 aromatic heterocycles. The molecule has 0 aliphatic carbocycles. The first-order valence-corrected chi connectivity index (χ1v) is 8.45. The third-order valence-corrected chi connectivity index (χ3v) is 4.24. The molecule has 0 heterocycles. The Kier molecular flexibility index (Phi) is 5.30. The van der Waals surface area contributed by atoms with Gasteiger partial charge in [-0.1, -0.05) is 36.4 Å². The molecule has 5 nitrogen and oxygen atoms in total. The normalized spacial score (nSPS) is 10.9. The third-order valence-electron chi connectivity index (χ3n) is 3.60. The standard InChI is InChI=1S/C19H16BrN3O2/c20-16-10-13(8-9-18(16)24)11-22-23-19(25)12-21-17-7-3-5-14-4-1-2-6-15(14)17/h1-11,21,24H,12H2,(H,23,25)/b22-11-. The molecule has 126 valence electrons. The van der Waals surface area contributed by atoms with Crippen molar-refractivity contribution in [1.82, 2.24) is 5.43 Å². The van der Waals surface area contributed by atoms with Crippen LogP contribution in [0.15, 0.2) is 70.2 Å². The molecule has 0 saturated heterocycles. The Morgan fingerprint density at radius 2 is 1.92 bits per heavy atom. The van der Waals surface area contributed by atoms with Crippen molar-refractivity contribution in [3.63, 3.8) is 0 Å². The van der Waals surface area contributed by atoms with E-state index in [0.29, 0.717) is 4.47 Å². The number of carbonyl (C=O) groups excluding carboxylic acids is 1. The summed E-state index contributed by atoms with van der Waals surface area (Å²) in [5.74, 6) is -0.0949. The molecule has 6 heteroatoms. The van der Waals surface area contributed by atoms with Crippen molar-refractivity contribution in [2.75, 3.05) is 11.9 Å². The summed E-state index contributed by atoms with van der Waals surface area (Å²) in [5, 5.41) is 18.7. The summed E-state index contributed by atoms with van der Waals surface area (Å²) in [7, 11) is 0. The van der Waals surface area contributed by atoms with Crippen LogP contribution in [0, 0.1) is 0 Å².